The highest BCUT2D eigenvalue weighted by Gasteiger charge is 2.36. The molecule has 2 amide bonds. The fourth-order valence-electron chi connectivity index (χ4n) is 3.27. The molecule has 1 aliphatic heterocycles. The summed E-state index contributed by atoms with van der Waals surface area (Å²) >= 11 is 0. The van der Waals surface area contributed by atoms with Crippen LogP contribution in [0.15, 0.2) is 47.8 Å². The van der Waals surface area contributed by atoms with E-state index >= 15 is 0 Å². The van der Waals surface area contributed by atoms with Gasteiger partial charge in [0, 0.05) is 25.1 Å². The molecule has 10 nitrogen and oxygen atoms in total. The van der Waals surface area contributed by atoms with Crippen LogP contribution >= 0.6 is 0 Å². The lowest BCUT2D eigenvalue weighted by Gasteiger charge is -2.33. The second-order valence-corrected chi connectivity index (χ2v) is 7.18. The lowest BCUT2D eigenvalue weighted by Crippen LogP contribution is -2.47. The Morgan fingerprint density at radius 1 is 1.37 bits per heavy atom. The van der Waals surface area contributed by atoms with E-state index in [1.54, 1.807) is 29.6 Å². The van der Waals surface area contributed by atoms with Crippen LogP contribution in [0, 0.1) is 11.3 Å². The SMILES string of the molecule is CN1C(=O)CC(C)(c2cccc(NC(=O)c3cn4cc(C#N)nc4cn3)c2)N=C1N. The predicted octanol–water partition coefficient (Wildman–Crippen LogP) is 1.25. The van der Waals surface area contributed by atoms with Gasteiger partial charge < -0.3 is 15.5 Å². The summed E-state index contributed by atoms with van der Waals surface area (Å²) in [5.74, 6) is -0.402. The van der Waals surface area contributed by atoms with Gasteiger partial charge in [-0.2, -0.15) is 5.26 Å². The number of amides is 2. The van der Waals surface area contributed by atoms with Gasteiger partial charge in [0.25, 0.3) is 5.91 Å². The van der Waals surface area contributed by atoms with Gasteiger partial charge in [0.05, 0.1) is 18.2 Å². The largest absolute Gasteiger partial charge is 0.369 e. The summed E-state index contributed by atoms with van der Waals surface area (Å²) in [4.78, 5) is 38.9. The van der Waals surface area contributed by atoms with Crippen LogP contribution in [0.4, 0.5) is 5.69 Å². The second kappa shape index (κ2) is 6.97. The molecule has 1 atom stereocenters. The molecule has 0 saturated heterocycles. The van der Waals surface area contributed by atoms with Gasteiger partial charge in [-0.1, -0.05) is 12.1 Å². The third-order valence-electron chi connectivity index (χ3n) is 5.01. The molecule has 2 aromatic heterocycles. The summed E-state index contributed by atoms with van der Waals surface area (Å²) in [6, 6.07) is 9.05. The molecule has 150 valence electrons. The second-order valence-electron chi connectivity index (χ2n) is 7.18. The molecule has 10 heteroatoms. The molecule has 0 bridgehead atoms. The van der Waals surface area contributed by atoms with E-state index in [1.165, 1.54) is 23.5 Å². The van der Waals surface area contributed by atoms with Crippen molar-refractivity contribution in [1.82, 2.24) is 19.3 Å². The first-order valence-electron chi connectivity index (χ1n) is 9.08. The number of carbonyl (C=O) groups excluding carboxylic acids is 2. The molecule has 4 rings (SSSR count). The van der Waals surface area contributed by atoms with Gasteiger partial charge in [-0.3, -0.25) is 14.5 Å². The molecule has 0 fully saturated rings. The Bertz CT molecular complexity index is 1260. The Balaban J connectivity index is 1.60. The number of nitriles is 1. The van der Waals surface area contributed by atoms with Crippen molar-refractivity contribution >= 4 is 29.1 Å². The third-order valence-corrected chi connectivity index (χ3v) is 5.01. The summed E-state index contributed by atoms with van der Waals surface area (Å²) in [6.07, 6.45) is 4.62. The van der Waals surface area contributed by atoms with Crippen molar-refractivity contribution in [2.24, 2.45) is 10.7 Å². The fraction of sp³-hybridized carbons (Fsp3) is 0.200. The maximum Gasteiger partial charge on any atom is 0.275 e. The van der Waals surface area contributed by atoms with Crippen molar-refractivity contribution in [3.05, 3.63) is 59.8 Å². The zero-order chi connectivity index (χ0) is 21.5. The summed E-state index contributed by atoms with van der Waals surface area (Å²) < 4.78 is 1.57. The molecule has 30 heavy (non-hydrogen) atoms. The molecule has 3 heterocycles. The zero-order valence-corrected chi connectivity index (χ0v) is 16.3. The van der Waals surface area contributed by atoms with Gasteiger partial charge in [0.2, 0.25) is 5.91 Å². The Morgan fingerprint density at radius 3 is 2.90 bits per heavy atom. The maximum atomic E-state index is 12.7. The molecule has 1 aliphatic rings. The number of aliphatic imine (C=N–C) groups is 1. The topological polar surface area (TPSA) is 142 Å². The quantitative estimate of drug-likeness (QED) is 0.675. The lowest BCUT2D eigenvalue weighted by molar-refractivity contribution is -0.128. The van der Waals surface area contributed by atoms with Crippen molar-refractivity contribution in [3.8, 4) is 6.07 Å². The summed E-state index contributed by atoms with van der Waals surface area (Å²) in [5, 5.41) is 11.7. The lowest BCUT2D eigenvalue weighted by atomic mass is 9.87. The van der Waals surface area contributed by atoms with Gasteiger partial charge in [-0.25, -0.2) is 15.0 Å². The number of hydrogen-bond acceptors (Lipinski definition) is 7. The molecular formula is C20H18N8O2. The van der Waals surface area contributed by atoms with E-state index in [4.69, 9.17) is 11.0 Å². The first-order chi connectivity index (χ1) is 14.3. The van der Waals surface area contributed by atoms with Crippen molar-refractivity contribution in [2.45, 2.75) is 18.9 Å². The number of nitrogens with one attached hydrogen (secondary N) is 1. The number of hydrogen-bond donors (Lipinski definition) is 2. The Morgan fingerprint density at radius 2 is 2.17 bits per heavy atom. The molecule has 1 unspecified atom stereocenters. The number of benzene rings is 1. The van der Waals surface area contributed by atoms with Crippen LogP contribution in [0.3, 0.4) is 0 Å². The van der Waals surface area contributed by atoms with Crippen LogP contribution in [-0.4, -0.2) is 44.1 Å². The van der Waals surface area contributed by atoms with Crippen LogP contribution in [0.5, 0.6) is 0 Å². The van der Waals surface area contributed by atoms with E-state index in [-0.39, 0.29) is 29.7 Å². The number of imidazole rings is 1. The van der Waals surface area contributed by atoms with Gasteiger partial charge in [-0.05, 0) is 24.6 Å². The molecule has 3 N–H and O–H groups in total. The highest BCUT2D eigenvalue weighted by atomic mass is 16.2. The van der Waals surface area contributed by atoms with Crippen LogP contribution in [0.2, 0.25) is 0 Å². The van der Waals surface area contributed by atoms with Crippen LogP contribution in [0.1, 0.15) is 35.1 Å². The van der Waals surface area contributed by atoms with E-state index in [0.29, 0.717) is 11.3 Å². The van der Waals surface area contributed by atoms with Crippen molar-refractivity contribution in [2.75, 3.05) is 12.4 Å². The molecule has 1 aromatic carbocycles. The number of nitrogens with zero attached hydrogens (tertiary/aromatic N) is 6. The van der Waals surface area contributed by atoms with Crippen molar-refractivity contribution in [3.63, 3.8) is 0 Å². The minimum atomic E-state index is -0.823. The Kier molecular flexibility index (Phi) is 4.43. The van der Waals surface area contributed by atoms with Crippen molar-refractivity contribution < 1.29 is 9.59 Å². The van der Waals surface area contributed by atoms with Crippen LogP contribution in [0.25, 0.3) is 5.65 Å². The van der Waals surface area contributed by atoms with Gasteiger partial charge >= 0.3 is 0 Å². The first-order valence-corrected chi connectivity index (χ1v) is 9.08. The van der Waals surface area contributed by atoms with Gasteiger partial charge in [0.15, 0.2) is 17.3 Å². The monoisotopic (exact) mass is 402 g/mol. The fourth-order valence-corrected chi connectivity index (χ4v) is 3.27. The van der Waals surface area contributed by atoms with Gasteiger partial charge in [0.1, 0.15) is 11.8 Å². The average Bonchev–Trinajstić information content (AvgIpc) is 3.14. The summed E-state index contributed by atoms with van der Waals surface area (Å²) in [6.45, 7) is 1.83. The average molecular weight is 402 g/mol. The first kappa shape index (κ1) is 19.1. The number of rotatable bonds is 3. The molecule has 3 aromatic rings. The number of nitrogens with two attached hydrogens (primary N) is 1. The number of aromatic nitrogens is 3. The summed E-state index contributed by atoms with van der Waals surface area (Å²) in [7, 11) is 1.58. The molecule has 0 saturated carbocycles. The Hall–Kier alpha value is -4.26. The van der Waals surface area contributed by atoms with Crippen LogP contribution < -0.4 is 11.1 Å². The predicted molar refractivity (Wildman–Crippen MR) is 108 cm³/mol. The zero-order valence-electron chi connectivity index (χ0n) is 16.3. The molecule has 0 aliphatic carbocycles. The van der Waals surface area contributed by atoms with E-state index < -0.39 is 11.4 Å². The number of anilines is 1. The highest BCUT2D eigenvalue weighted by Crippen LogP contribution is 2.34. The molecular weight excluding hydrogens is 384 g/mol. The normalized spacial score (nSPS) is 18.8. The number of guanidine groups is 1. The van der Waals surface area contributed by atoms with Gasteiger partial charge in [-0.15, -0.1) is 0 Å². The standard InChI is InChI=1S/C20H18N8O2/c1-20(7-17(29)27(2)19(22)26-20)12-4-3-5-13(6-12)25-18(30)15-11-28-10-14(8-21)24-16(28)9-23-15/h3-6,9-11H,7H2,1-2H3,(H2,22,26)(H,25,30). The number of fused-ring (bicyclic) bond motifs is 1. The Labute approximate surface area is 171 Å². The van der Waals surface area contributed by atoms with E-state index in [1.807, 2.05) is 19.1 Å². The maximum absolute atomic E-state index is 12.7. The smallest absolute Gasteiger partial charge is 0.275 e. The van der Waals surface area contributed by atoms with E-state index in [2.05, 4.69) is 20.3 Å². The van der Waals surface area contributed by atoms with E-state index in [9.17, 15) is 9.59 Å². The number of carbonyl (C=O) groups is 2. The minimum Gasteiger partial charge on any atom is -0.369 e. The highest BCUT2D eigenvalue weighted by molar-refractivity contribution is 6.03. The third kappa shape index (κ3) is 3.33. The molecule has 0 radical (unpaired) electrons. The van der Waals surface area contributed by atoms with E-state index in [0.717, 1.165) is 5.56 Å². The van der Waals surface area contributed by atoms with Crippen LogP contribution in [-0.2, 0) is 10.3 Å². The minimum absolute atomic E-state index is 0.131. The van der Waals surface area contributed by atoms with Crippen molar-refractivity contribution in [1.29, 1.82) is 5.26 Å². The molecule has 0 spiro atoms. The summed E-state index contributed by atoms with van der Waals surface area (Å²) in [5.41, 5.74) is 7.22.